The molecule has 4 rings (SSSR count). The number of benzene rings is 2. The predicted octanol–water partition coefficient (Wildman–Crippen LogP) is 4.79. The van der Waals surface area contributed by atoms with Crippen LogP contribution >= 0.6 is 27.5 Å². The molecule has 4 nitrogen and oxygen atoms in total. The van der Waals surface area contributed by atoms with Gasteiger partial charge in [-0.2, -0.15) is 0 Å². The molecule has 2 N–H and O–H groups in total. The standard InChI is InChI=1S/C22H20BrClN2O2/c1-12(2)17-10-20(27)25-11-18(13-4-3-5-15(24)8-13)22(17)16-7-6-14(23)9-19(16)26-21(22)28/h3-9,17-18H,1,10-11H2,2H3,(H,25,27)(H,26,28)/t17-,18+,22-/m0/s1. The maximum absolute atomic E-state index is 13.6. The molecule has 2 aliphatic heterocycles. The van der Waals surface area contributed by atoms with Gasteiger partial charge in [-0.1, -0.05) is 57.9 Å². The Morgan fingerprint density at radius 1 is 1.25 bits per heavy atom. The van der Waals surface area contributed by atoms with Crippen molar-refractivity contribution >= 4 is 45.0 Å². The first-order valence-corrected chi connectivity index (χ1v) is 10.3. The van der Waals surface area contributed by atoms with Gasteiger partial charge in [0.1, 0.15) is 0 Å². The van der Waals surface area contributed by atoms with Crippen molar-refractivity contribution in [3.05, 3.63) is 75.2 Å². The molecule has 1 spiro atoms. The summed E-state index contributed by atoms with van der Waals surface area (Å²) in [6.45, 7) is 6.40. The van der Waals surface area contributed by atoms with E-state index in [0.717, 1.165) is 26.9 Å². The minimum atomic E-state index is -0.939. The maximum atomic E-state index is 13.6. The molecule has 0 saturated carbocycles. The Bertz CT molecular complexity index is 1010. The normalized spacial score (nSPS) is 26.4. The van der Waals surface area contributed by atoms with Crippen molar-refractivity contribution in [3.8, 4) is 0 Å². The van der Waals surface area contributed by atoms with Crippen LogP contribution in [0, 0.1) is 5.92 Å². The second-order valence-electron chi connectivity index (χ2n) is 7.53. The number of nitrogens with one attached hydrogen (secondary N) is 2. The molecule has 1 saturated heterocycles. The van der Waals surface area contributed by atoms with E-state index in [1.807, 2.05) is 49.4 Å². The van der Waals surface area contributed by atoms with Crippen LogP contribution in [0.5, 0.6) is 0 Å². The molecule has 2 aromatic rings. The first-order valence-electron chi connectivity index (χ1n) is 9.13. The van der Waals surface area contributed by atoms with E-state index in [1.165, 1.54) is 0 Å². The van der Waals surface area contributed by atoms with Crippen LogP contribution in [0.3, 0.4) is 0 Å². The minimum Gasteiger partial charge on any atom is -0.355 e. The van der Waals surface area contributed by atoms with E-state index in [1.54, 1.807) is 0 Å². The highest BCUT2D eigenvalue weighted by molar-refractivity contribution is 9.10. The zero-order valence-corrected chi connectivity index (χ0v) is 17.7. The number of rotatable bonds is 2. The SMILES string of the molecule is C=C(C)[C@@H]1CC(=O)NC[C@H](c2cccc(Cl)c2)[C@@]12C(=O)Nc1cc(Br)ccc12. The van der Waals surface area contributed by atoms with Gasteiger partial charge >= 0.3 is 0 Å². The number of carbonyl (C=O) groups is 2. The van der Waals surface area contributed by atoms with Crippen LogP contribution in [-0.4, -0.2) is 18.4 Å². The van der Waals surface area contributed by atoms with Crippen molar-refractivity contribution in [2.24, 2.45) is 5.92 Å². The molecule has 1 fully saturated rings. The van der Waals surface area contributed by atoms with Gasteiger partial charge < -0.3 is 10.6 Å². The van der Waals surface area contributed by atoms with Crippen LogP contribution in [0.25, 0.3) is 0 Å². The molecular formula is C22H20BrClN2O2. The molecule has 6 heteroatoms. The van der Waals surface area contributed by atoms with E-state index in [2.05, 4.69) is 33.1 Å². The zero-order valence-electron chi connectivity index (χ0n) is 15.4. The molecule has 0 radical (unpaired) electrons. The molecule has 2 aliphatic rings. The van der Waals surface area contributed by atoms with Crippen molar-refractivity contribution < 1.29 is 9.59 Å². The lowest BCUT2D eigenvalue weighted by Gasteiger charge is -2.40. The third-order valence-electron chi connectivity index (χ3n) is 5.89. The highest BCUT2D eigenvalue weighted by Crippen LogP contribution is 2.55. The summed E-state index contributed by atoms with van der Waals surface area (Å²) in [7, 11) is 0. The first-order chi connectivity index (χ1) is 13.3. The number of carbonyl (C=O) groups excluding carboxylic acids is 2. The lowest BCUT2D eigenvalue weighted by Crippen LogP contribution is -2.48. The number of fused-ring (bicyclic) bond motifs is 2. The second kappa shape index (κ2) is 7.05. The number of allylic oxidation sites excluding steroid dienone is 1. The van der Waals surface area contributed by atoms with Gasteiger partial charge in [0.05, 0.1) is 5.41 Å². The van der Waals surface area contributed by atoms with Crippen LogP contribution in [0.1, 0.15) is 30.4 Å². The molecule has 0 bridgehead atoms. The molecule has 2 heterocycles. The third kappa shape index (κ3) is 2.88. The Morgan fingerprint density at radius 2 is 2.04 bits per heavy atom. The van der Waals surface area contributed by atoms with Crippen LogP contribution in [0.15, 0.2) is 59.1 Å². The Balaban J connectivity index is 2.03. The van der Waals surface area contributed by atoms with Gasteiger partial charge in [0.2, 0.25) is 11.8 Å². The molecule has 3 atom stereocenters. The average molecular weight is 460 g/mol. The van der Waals surface area contributed by atoms with Crippen LogP contribution in [-0.2, 0) is 15.0 Å². The van der Waals surface area contributed by atoms with Gasteiger partial charge in [-0.25, -0.2) is 0 Å². The highest BCUT2D eigenvalue weighted by Gasteiger charge is 2.59. The Kier molecular flexibility index (Phi) is 4.84. The zero-order chi connectivity index (χ0) is 20.1. The quantitative estimate of drug-likeness (QED) is 0.635. The summed E-state index contributed by atoms with van der Waals surface area (Å²) >= 11 is 9.76. The molecule has 28 heavy (non-hydrogen) atoms. The second-order valence-corrected chi connectivity index (χ2v) is 8.88. The summed E-state index contributed by atoms with van der Waals surface area (Å²) in [6, 6.07) is 13.4. The molecule has 2 amide bonds. The van der Waals surface area contributed by atoms with Crippen molar-refractivity contribution in [2.75, 3.05) is 11.9 Å². The van der Waals surface area contributed by atoms with E-state index in [-0.39, 0.29) is 30.1 Å². The fraction of sp³-hybridized carbons (Fsp3) is 0.273. The summed E-state index contributed by atoms with van der Waals surface area (Å²) in [4.78, 5) is 26.2. The van der Waals surface area contributed by atoms with Gasteiger partial charge in [0, 0.05) is 40.0 Å². The minimum absolute atomic E-state index is 0.0738. The topological polar surface area (TPSA) is 58.2 Å². The molecule has 0 aliphatic carbocycles. The van der Waals surface area contributed by atoms with Gasteiger partial charge in [-0.3, -0.25) is 9.59 Å². The van der Waals surface area contributed by atoms with Gasteiger partial charge in [-0.05, 0) is 42.3 Å². The Morgan fingerprint density at radius 3 is 2.75 bits per heavy atom. The third-order valence-corrected chi connectivity index (χ3v) is 6.62. The lowest BCUT2D eigenvalue weighted by atomic mass is 9.59. The van der Waals surface area contributed by atoms with Crippen molar-refractivity contribution in [3.63, 3.8) is 0 Å². The summed E-state index contributed by atoms with van der Waals surface area (Å²) < 4.78 is 0.887. The molecular weight excluding hydrogens is 440 g/mol. The van der Waals surface area contributed by atoms with Crippen LogP contribution < -0.4 is 10.6 Å². The first kappa shape index (κ1) is 19.2. The van der Waals surface area contributed by atoms with Crippen molar-refractivity contribution in [1.82, 2.24) is 5.32 Å². The number of halogens is 2. The smallest absolute Gasteiger partial charge is 0.236 e. The maximum Gasteiger partial charge on any atom is 0.236 e. The van der Waals surface area contributed by atoms with E-state index in [4.69, 9.17) is 11.6 Å². The van der Waals surface area contributed by atoms with E-state index >= 15 is 0 Å². The van der Waals surface area contributed by atoms with E-state index < -0.39 is 5.41 Å². The van der Waals surface area contributed by atoms with Crippen LogP contribution in [0.2, 0.25) is 5.02 Å². The van der Waals surface area contributed by atoms with Crippen LogP contribution in [0.4, 0.5) is 5.69 Å². The fourth-order valence-electron chi connectivity index (χ4n) is 4.73. The highest BCUT2D eigenvalue weighted by atomic mass is 79.9. The largest absolute Gasteiger partial charge is 0.355 e. The van der Waals surface area contributed by atoms with E-state index in [0.29, 0.717) is 11.6 Å². The monoisotopic (exact) mass is 458 g/mol. The van der Waals surface area contributed by atoms with Gasteiger partial charge in [0.25, 0.3) is 0 Å². The number of hydrogen-bond acceptors (Lipinski definition) is 2. The molecule has 2 aromatic carbocycles. The predicted molar refractivity (Wildman–Crippen MR) is 115 cm³/mol. The summed E-state index contributed by atoms with van der Waals surface area (Å²) in [5, 5.41) is 6.66. The van der Waals surface area contributed by atoms with Crippen molar-refractivity contribution in [2.45, 2.75) is 24.7 Å². The number of amides is 2. The Labute approximate surface area is 177 Å². The molecule has 0 aromatic heterocycles. The van der Waals surface area contributed by atoms with Gasteiger partial charge in [-0.15, -0.1) is 0 Å². The van der Waals surface area contributed by atoms with Gasteiger partial charge in [0.15, 0.2) is 0 Å². The summed E-state index contributed by atoms with van der Waals surface area (Å²) in [5.41, 5.74) is 2.47. The lowest BCUT2D eigenvalue weighted by molar-refractivity contribution is -0.124. The molecule has 0 unspecified atom stereocenters. The molecule has 144 valence electrons. The number of anilines is 1. The Hall–Kier alpha value is -2.11. The van der Waals surface area contributed by atoms with Crippen molar-refractivity contribution in [1.29, 1.82) is 0 Å². The summed E-state index contributed by atoms with van der Waals surface area (Å²) in [6.07, 6.45) is 0.218. The fourth-order valence-corrected chi connectivity index (χ4v) is 5.29. The van der Waals surface area contributed by atoms with E-state index in [9.17, 15) is 9.59 Å². The summed E-state index contributed by atoms with van der Waals surface area (Å²) in [5.74, 6) is -0.784. The average Bonchev–Trinajstić information content (AvgIpc) is 2.80. The number of hydrogen-bond donors (Lipinski definition) is 2.